The van der Waals surface area contributed by atoms with Gasteiger partial charge in [0.15, 0.2) is 0 Å². The zero-order valence-electron chi connectivity index (χ0n) is 11.0. The lowest BCUT2D eigenvalue weighted by atomic mass is 10.1. The summed E-state index contributed by atoms with van der Waals surface area (Å²) in [4.78, 5) is 31.5. The highest BCUT2D eigenvalue weighted by molar-refractivity contribution is 9.10. The summed E-state index contributed by atoms with van der Waals surface area (Å²) < 4.78 is 0.620. The molecule has 3 N–H and O–H groups in total. The summed E-state index contributed by atoms with van der Waals surface area (Å²) in [5.74, 6) is -0.977. The van der Waals surface area contributed by atoms with Crippen molar-refractivity contribution in [1.29, 1.82) is 0 Å². The van der Waals surface area contributed by atoms with Crippen molar-refractivity contribution >= 4 is 27.7 Å². The third kappa shape index (κ3) is 4.09. The molecular weight excluding hydrogens is 336 g/mol. The molecule has 0 aliphatic rings. The van der Waals surface area contributed by atoms with E-state index < -0.39 is 11.9 Å². The topological polar surface area (TPSA) is 98.0 Å². The molecule has 2 aromatic rings. The van der Waals surface area contributed by atoms with Gasteiger partial charge in [-0.3, -0.25) is 14.6 Å². The van der Waals surface area contributed by atoms with Crippen molar-refractivity contribution in [3.8, 4) is 0 Å². The van der Waals surface area contributed by atoms with Gasteiger partial charge in [-0.15, -0.1) is 0 Å². The van der Waals surface area contributed by atoms with Crippen LogP contribution in [0.1, 0.15) is 15.9 Å². The van der Waals surface area contributed by atoms with E-state index in [-0.39, 0.29) is 12.3 Å². The average molecular weight is 349 g/mol. The van der Waals surface area contributed by atoms with Crippen LogP contribution in [-0.2, 0) is 11.2 Å². The Morgan fingerprint density at radius 2 is 1.95 bits per heavy atom. The molecule has 0 fully saturated rings. The Hall–Kier alpha value is -2.28. The first kappa shape index (κ1) is 15.1. The van der Waals surface area contributed by atoms with E-state index in [1.165, 1.54) is 12.4 Å². The van der Waals surface area contributed by atoms with Crippen LogP contribution in [0, 0.1) is 0 Å². The molecule has 2 heterocycles. The summed E-state index contributed by atoms with van der Waals surface area (Å²) in [6, 6.07) is 5.88. The van der Waals surface area contributed by atoms with Gasteiger partial charge in [0.05, 0.1) is 0 Å². The molecule has 0 unspecified atom stereocenters. The highest BCUT2D eigenvalue weighted by Gasteiger charge is 2.20. The fourth-order valence-electron chi connectivity index (χ4n) is 1.76. The van der Waals surface area contributed by atoms with Crippen LogP contribution in [0.2, 0.25) is 0 Å². The van der Waals surface area contributed by atoms with Crippen molar-refractivity contribution in [1.82, 2.24) is 15.3 Å². The summed E-state index contributed by atoms with van der Waals surface area (Å²) >= 11 is 3.30. The first-order valence-corrected chi connectivity index (χ1v) is 6.97. The van der Waals surface area contributed by atoms with Crippen LogP contribution >= 0.6 is 15.9 Å². The van der Waals surface area contributed by atoms with Crippen molar-refractivity contribution in [2.45, 2.75) is 12.5 Å². The number of pyridine rings is 2. The van der Waals surface area contributed by atoms with E-state index in [4.69, 9.17) is 5.73 Å². The molecule has 6 nitrogen and oxygen atoms in total. The highest BCUT2D eigenvalue weighted by atomic mass is 79.9. The summed E-state index contributed by atoms with van der Waals surface area (Å²) in [7, 11) is 0. The number of nitrogens with zero attached hydrogens (tertiary/aromatic N) is 2. The van der Waals surface area contributed by atoms with Crippen molar-refractivity contribution in [2.75, 3.05) is 0 Å². The standard InChI is InChI=1S/C14H13BrN4O2/c15-12-10(2-1-5-18-12)8-11(13(16)20)19-14(21)9-3-6-17-7-4-9/h1-7,11H,8H2,(H2,16,20)(H,19,21)/t11-/m0/s1. The fourth-order valence-corrected chi connectivity index (χ4v) is 2.17. The number of amides is 2. The lowest BCUT2D eigenvalue weighted by Gasteiger charge is -2.16. The molecule has 0 radical (unpaired) electrons. The minimum atomic E-state index is -0.814. The lowest BCUT2D eigenvalue weighted by molar-refractivity contribution is -0.119. The molecule has 0 aliphatic carbocycles. The van der Waals surface area contributed by atoms with Crippen molar-refractivity contribution in [3.63, 3.8) is 0 Å². The second kappa shape index (κ2) is 6.94. The maximum absolute atomic E-state index is 12.1. The number of hydrogen-bond donors (Lipinski definition) is 2. The van der Waals surface area contributed by atoms with Gasteiger partial charge < -0.3 is 11.1 Å². The van der Waals surface area contributed by atoms with Gasteiger partial charge in [-0.05, 0) is 39.7 Å². The zero-order chi connectivity index (χ0) is 15.2. The van der Waals surface area contributed by atoms with E-state index in [0.717, 1.165) is 5.56 Å². The van der Waals surface area contributed by atoms with Gasteiger partial charge in [-0.2, -0.15) is 0 Å². The van der Waals surface area contributed by atoms with Gasteiger partial charge in [-0.25, -0.2) is 4.98 Å². The molecule has 2 aromatic heterocycles. The van der Waals surface area contributed by atoms with E-state index in [2.05, 4.69) is 31.2 Å². The largest absolute Gasteiger partial charge is 0.368 e. The molecule has 0 saturated carbocycles. The number of rotatable bonds is 5. The molecule has 1 atom stereocenters. The molecule has 0 aliphatic heterocycles. The van der Waals surface area contributed by atoms with Crippen molar-refractivity contribution in [3.05, 3.63) is 58.6 Å². The Kier molecular flexibility index (Phi) is 4.99. The van der Waals surface area contributed by atoms with E-state index in [0.29, 0.717) is 10.2 Å². The van der Waals surface area contributed by atoms with Gasteiger partial charge >= 0.3 is 0 Å². The first-order valence-electron chi connectivity index (χ1n) is 6.17. The SMILES string of the molecule is NC(=O)[C@H](Cc1cccnc1Br)NC(=O)c1ccncc1. The summed E-state index contributed by atoms with van der Waals surface area (Å²) in [6.45, 7) is 0. The van der Waals surface area contributed by atoms with Crippen LogP contribution in [0.25, 0.3) is 0 Å². The molecule has 0 bridgehead atoms. The molecule has 0 aromatic carbocycles. The summed E-state index contributed by atoms with van der Waals surface area (Å²) in [5, 5.41) is 2.62. The third-order valence-corrected chi connectivity index (χ3v) is 3.57. The van der Waals surface area contributed by atoms with Crippen molar-refractivity contribution in [2.24, 2.45) is 5.73 Å². The number of hydrogen-bond acceptors (Lipinski definition) is 4. The Morgan fingerprint density at radius 1 is 1.24 bits per heavy atom. The normalized spacial score (nSPS) is 11.7. The van der Waals surface area contributed by atoms with Crippen LogP contribution in [0.15, 0.2) is 47.5 Å². The number of carbonyl (C=O) groups is 2. The second-order valence-electron chi connectivity index (χ2n) is 4.32. The fraction of sp³-hybridized carbons (Fsp3) is 0.143. The number of nitrogens with one attached hydrogen (secondary N) is 1. The minimum absolute atomic E-state index is 0.264. The lowest BCUT2D eigenvalue weighted by Crippen LogP contribution is -2.45. The predicted molar refractivity (Wildman–Crippen MR) is 80.3 cm³/mol. The van der Waals surface area contributed by atoms with Gasteiger partial charge in [0.2, 0.25) is 5.91 Å². The highest BCUT2D eigenvalue weighted by Crippen LogP contribution is 2.14. The maximum atomic E-state index is 12.1. The number of aromatic nitrogens is 2. The number of halogens is 1. The Morgan fingerprint density at radius 3 is 2.57 bits per heavy atom. The zero-order valence-corrected chi connectivity index (χ0v) is 12.6. The van der Waals surface area contributed by atoms with Gasteiger partial charge in [-0.1, -0.05) is 6.07 Å². The molecule has 2 amide bonds. The van der Waals surface area contributed by atoms with E-state index in [9.17, 15) is 9.59 Å². The maximum Gasteiger partial charge on any atom is 0.252 e. The molecule has 0 spiro atoms. The first-order chi connectivity index (χ1) is 10.1. The molecule has 21 heavy (non-hydrogen) atoms. The Labute approximate surface area is 129 Å². The van der Waals surface area contributed by atoms with E-state index in [1.807, 2.05) is 6.07 Å². The summed E-state index contributed by atoms with van der Waals surface area (Å²) in [6.07, 6.45) is 4.90. The third-order valence-electron chi connectivity index (χ3n) is 2.85. The minimum Gasteiger partial charge on any atom is -0.368 e. The molecular formula is C14H13BrN4O2. The van der Waals surface area contributed by atoms with Crippen LogP contribution < -0.4 is 11.1 Å². The molecule has 108 valence electrons. The van der Waals surface area contributed by atoms with Crippen molar-refractivity contribution < 1.29 is 9.59 Å². The van der Waals surface area contributed by atoms with Gasteiger partial charge in [0.1, 0.15) is 10.6 Å². The second-order valence-corrected chi connectivity index (χ2v) is 5.07. The Balaban J connectivity index is 2.12. The van der Waals surface area contributed by atoms with Crippen LogP contribution in [0.3, 0.4) is 0 Å². The number of primary amides is 1. The Bertz CT molecular complexity index is 648. The molecule has 0 saturated heterocycles. The molecule has 2 rings (SSSR count). The van der Waals surface area contributed by atoms with Gasteiger partial charge in [0.25, 0.3) is 5.91 Å². The van der Waals surface area contributed by atoms with Crippen LogP contribution in [0.5, 0.6) is 0 Å². The predicted octanol–water partition coefficient (Wildman–Crippen LogP) is 1.07. The van der Waals surface area contributed by atoms with Crippen LogP contribution in [-0.4, -0.2) is 27.8 Å². The van der Waals surface area contributed by atoms with E-state index in [1.54, 1.807) is 24.4 Å². The monoisotopic (exact) mass is 348 g/mol. The smallest absolute Gasteiger partial charge is 0.252 e. The van der Waals surface area contributed by atoms with E-state index >= 15 is 0 Å². The number of carbonyl (C=O) groups excluding carboxylic acids is 2. The van der Waals surface area contributed by atoms with Gasteiger partial charge in [0, 0.05) is 30.6 Å². The molecule has 7 heteroatoms. The quantitative estimate of drug-likeness (QED) is 0.789. The summed E-state index contributed by atoms with van der Waals surface area (Å²) in [5.41, 5.74) is 6.57. The number of nitrogens with two attached hydrogens (primary N) is 1. The average Bonchev–Trinajstić information content (AvgIpc) is 2.49. The van der Waals surface area contributed by atoms with Crippen LogP contribution in [0.4, 0.5) is 0 Å².